The van der Waals surface area contributed by atoms with Crippen molar-refractivity contribution in [2.75, 3.05) is 19.7 Å². The number of hydrogen-bond acceptors (Lipinski definition) is 3. The molecular weight excluding hydrogens is 628 g/mol. The molecule has 2 N–H and O–H groups in total. The van der Waals surface area contributed by atoms with Crippen LogP contribution in [-0.2, 0) is 19.1 Å². The molecule has 4 aromatic carbocycles. The van der Waals surface area contributed by atoms with Gasteiger partial charge in [0.15, 0.2) is 0 Å². The average molecular weight is 668 g/mol. The van der Waals surface area contributed by atoms with E-state index < -0.39 is 11.7 Å². The summed E-state index contributed by atoms with van der Waals surface area (Å²) in [4.78, 5) is 2.17. The Balaban J connectivity index is 0.00000337. The molecule has 9 heteroatoms. The third-order valence-corrected chi connectivity index (χ3v) is 7.51. The molecule has 0 radical (unpaired) electrons. The zero-order chi connectivity index (χ0) is 30.2. The highest BCUT2D eigenvalue weighted by Gasteiger charge is 2.34. The van der Waals surface area contributed by atoms with Crippen molar-refractivity contribution in [1.29, 1.82) is 0 Å². The van der Waals surface area contributed by atoms with Crippen LogP contribution in [0.5, 0.6) is 5.75 Å². The summed E-state index contributed by atoms with van der Waals surface area (Å²) in [6.07, 6.45) is -3.11. The monoisotopic (exact) mass is 666 g/mol. The number of nitrogens with zero attached hydrogens (tertiary/aromatic N) is 1. The molecule has 3 nitrogen and oxygen atoms in total. The van der Waals surface area contributed by atoms with Crippen LogP contribution in [0.4, 0.5) is 13.2 Å². The maximum Gasteiger partial charge on any atom is 0.417 e. The van der Waals surface area contributed by atoms with E-state index in [1.807, 2.05) is 74.5 Å². The summed E-state index contributed by atoms with van der Waals surface area (Å²) in [5.41, 5.74) is 8.88. The van der Waals surface area contributed by atoms with Crippen LogP contribution in [0.15, 0.2) is 103 Å². The molecule has 0 aliphatic carbocycles. The zero-order valence-corrected chi connectivity index (χ0v) is 27.3. The minimum absolute atomic E-state index is 0. The SMILES string of the molecule is CC(C)(N)Cc1cccc(OCCCN(Cc2cccc(C(F)(F)F)c2Cl)CC(c2ccccc2)c2ccccc2)c1.Cl.Cl. The molecule has 0 unspecified atom stereocenters. The number of benzene rings is 4. The molecule has 0 saturated heterocycles. The molecule has 238 valence electrons. The van der Waals surface area contributed by atoms with Crippen LogP contribution in [0.1, 0.15) is 54.0 Å². The van der Waals surface area contributed by atoms with Crippen molar-refractivity contribution in [3.05, 3.63) is 136 Å². The molecule has 0 aromatic heterocycles. The number of hydrogen-bond donors (Lipinski definition) is 1. The van der Waals surface area contributed by atoms with Gasteiger partial charge in [0.2, 0.25) is 0 Å². The van der Waals surface area contributed by atoms with E-state index in [1.165, 1.54) is 6.07 Å². The Morgan fingerprint density at radius 1 is 0.818 bits per heavy atom. The number of rotatable bonds is 13. The summed E-state index contributed by atoms with van der Waals surface area (Å²) >= 11 is 6.33. The molecule has 0 bridgehead atoms. The van der Waals surface area contributed by atoms with Crippen molar-refractivity contribution in [2.45, 2.75) is 50.9 Å². The molecule has 4 rings (SSSR count). The fraction of sp³-hybridized carbons (Fsp3) is 0.314. The summed E-state index contributed by atoms with van der Waals surface area (Å²) in [6.45, 7) is 5.93. The maximum atomic E-state index is 13.6. The Kier molecular flexibility index (Phi) is 14.5. The fourth-order valence-electron chi connectivity index (χ4n) is 5.18. The lowest BCUT2D eigenvalue weighted by Crippen LogP contribution is -2.34. The molecule has 0 atom stereocenters. The van der Waals surface area contributed by atoms with Gasteiger partial charge in [-0.1, -0.05) is 96.5 Å². The second-order valence-corrected chi connectivity index (χ2v) is 11.8. The van der Waals surface area contributed by atoms with Crippen LogP contribution in [0.2, 0.25) is 5.02 Å². The van der Waals surface area contributed by atoms with E-state index in [0.717, 1.165) is 34.9 Å². The molecule has 0 saturated carbocycles. The fourth-order valence-corrected chi connectivity index (χ4v) is 5.47. The van der Waals surface area contributed by atoms with Crippen LogP contribution in [0, 0.1) is 0 Å². The van der Waals surface area contributed by atoms with Crippen molar-refractivity contribution in [2.24, 2.45) is 5.73 Å². The van der Waals surface area contributed by atoms with Crippen LogP contribution >= 0.6 is 36.4 Å². The van der Waals surface area contributed by atoms with Gasteiger partial charge in [0.1, 0.15) is 5.75 Å². The maximum absolute atomic E-state index is 13.6. The van der Waals surface area contributed by atoms with Gasteiger partial charge in [0, 0.05) is 31.1 Å². The molecule has 0 heterocycles. The predicted molar refractivity (Wildman–Crippen MR) is 179 cm³/mol. The summed E-state index contributed by atoms with van der Waals surface area (Å²) in [7, 11) is 0. The van der Waals surface area contributed by atoms with E-state index in [-0.39, 0.29) is 47.8 Å². The molecule has 0 spiro atoms. The lowest BCUT2D eigenvalue weighted by molar-refractivity contribution is -0.137. The largest absolute Gasteiger partial charge is 0.494 e. The van der Waals surface area contributed by atoms with Gasteiger partial charge in [-0.15, -0.1) is 24.8 Å². The Bertz CT molecular complexity index is 1370. The lowest BCUT2D eigenvalue weighted by atomic mass is 9.90. The van der Waals surface area contributed by atoms with Crippen molar-refractivity contribution in [3.8, 4) is 5.75 Å². The summed E-state index contributed by atoms with van der Waals surface area (Å²) in [5, 5.41) is -0.248. The van der Waals surface area contributed by atoms with Gasteiger partial charge in [-0.3, -0.25) is 4.90 Å². The van der Waals surface area contributed by atoms with Crippen LogP contribution in [-0.4, -0.2) is 30.1 Å². The van der Waals surface area contributed by atoms with E-state index in [4.69, 9.17) is 22.1 Å². The van der Waals surface area contributed by atoms with Gasteiger partial charge in [-0.25, -0.2) is 0 Å². The molecule has 44 heavy (non-hydrogen) atoms. The van der Waals surface area contributed by atoms with Crippen molar-refractivity contribution in [3.63, 3.8) is 0 Å². The van der Waals surface area contributed by atoms with Crippen LogP contribution < -0.4 is 10.5 Å². The Hall–Kier alpha value is -2.74. The Morgan fingerprint density at radius 3 is 1.98 bits per heavy atom. The second-order valence-electron chi connectivity index (χ2n) is 11.4. The van der Waals surface area contributed by atoms with Crippen molar-refractivity contribution in [1.82, 2.24) is 4.90 Å². The summed E-state index contributed by atoms with van der Waals surface area (Å²) in [5.74, 6) is 0.796. The van der Waals surface area contributed by atoms with E-state index in [1.54, 1.807) is 6.07 Å². The highest BCUT2D eigenvalue weighted by molar-refractivity contribution is 6.32. The van der Waals surface area contributed by atoms with Gasteiger partial charge in [0.25, 0.3) is 0 Å². The molecular formula is C35H40Cl3F3N2O. The van der Waals surface area contributed by atoms with E-state index in [2.05, 4.69) is 29.2 Å². The first kappa shape index (κ1) is 37.4. The molecule has 0 aliphatic heterocycles. The Morgan fingerprint density at radius 2 is 1.41 bits per heavy atom. The third-order valence-electron chi connectivity index (χ3n) is 7.07. The highest BCUT2D eigenvalue weighted by atomic mass is 35.5. The van der Waals surface area contributed by atoms with Crippen LogP contribution in [0.3, 0.4) is 0 Å². The smallest absolute Gasteiger partial charge is 0.417 e. The second kappa shape index (κ2) is 17.1. The normalized spacial score (nSPS) is 11.7. The van der Waals surface area contributed by atoms with Crippen LogP contribution in [0.25, 0.3) is 0 Å². The minimum atomic E-state index is -4.52. The zero-order valence-electron chi connectivity index (χ0n) is 24.9. The summed E-state index contributed by atoms with van der Waals surface area (Å²) < 4.78 is 47.0. The number of nitrogens with two attached hydrogens (primary N) is 1. The molecule has 0 fully saturated rings. The summed E-state index contributed by atoms with van der Waals surface area (Å²) in [6, 6.07) is 32.4. The topological polar surface area (TPSA) is 38.5 Å². The highest BCUT2D eigenvalue weighted by Crippen LogP contribution is 2.37. The van der Waals surface area contributed by atoms with Gasteiger partial charge in [-0.05, 0) is 67.1 Å². The molecule has 4 aromatic rings. The van der Waals surface area contributed by atoms with Crippen molar-refractivity contribution < 1.29 is 17.9 Å². The van der Waals surface area contributed by atoms with E-state index in [9.17, 15) is 13.2 Å². The van der Waals surface area contributed by atoms with Gasteiger partial charge >= 0.3 is 6.18 Å². The Labute approximate surface area is 276 Å². The molecule has 0 aliphatic rings. The predicted octanol–water partition coefficient (Wildman–Crippen LogP) is 9.59. The standard InChI is InChI=1S/C35H38ClF3N2O.2ClH/c1-34(2,40)23-26-12-9-18-30(22-26)42-21-11-20-41(24-29-17-10-19-32(33(29)36)35(37,38)39)25-31(27-13-5-3-6-14-27)28-15-7-4-8-16-28;;/h3-10,12-19,22,31H,11,20-21,23-25,40H2,1-2H3;2*1H. The first-order valence-electron chi connectivity index (χ1n) is 14.2. The van der Waals surface area contributed by atoms with E-state index in [0.29, 0.717) is 31.7 Å². The van der Waals surface area contributed by atoms with Gasteiger partial charge in [0.05, 0.1) is 17.2 Å². The number of alkyl halides is 3. The lowest BCUT2D eigenvalue weighted by Gasteiger charge is -2.29. The quantitative estimate of drug-likeness (QED) is 0.144. The third kappa shape index (κ3) is 11.3. The minimum Gasteiger partial charge on any atom is -0.494 e. The number of ether oxygens (including phenoxy) is 1. The van der Waals surface area contributed by atoms with E-state index >= 15 is 0 Å². The van der Waals surface area contributed by atoms with Gasteiger partial charge < -0.3 is 10.5 Å². The first-order valence-corrected chi connectivity index (χ1v) is 14.5. The molecule has 0 amide bonds. The van der Waals surface area contributed by atoms with Gasteiger partial charge in [-0.2, -0.15) is 13.2 Å². The first-order chi connectivity index (χ1) is 20.0. The average Bonchev–Trinajstić information content (AvgIpc) is 2.94. The van der Waals surface area contributed by atoms with Crippen molar-refractivity contribution >= 4 is 36.4 Å². The number of halogens is 6.